The van der Waals surface area contributed by atoms with Crippen molar-refractivity contribution in [3.8, 4) is 5.75 Å². The summed E-state index contributed by atoms with van der Waals surface area (Å²) in [4.78, 5) is 49.0. The van der Waals surface area contributed by atoms with Crippen LogP contribution in [0.4, 0.5) is 4.39 Å². The molecule has 0 bridgehead atoms. The number of Topliss-reactive ketones (excluding diaryl/α,β-unsaturated/α-hetero) is 1. The number of carboxylic acid groups (broad SMARTS) is 2. The van der Waals surface area contributed by atoms with Crippen LogP contribution in [0.5, 0.6) is 5.75 Å². The zero-order chi connectivity index (χ0) is 24.8. The second-order valence-electron chi connectivity index (χ2n) is 6.57. The smallest absolute Gasteiger partial charge is 0.339 e. The van der Waals surface area contributed by atoms with Crippen molar-refractivity contribution in [2.24, 2.45) is 0 Å². The Hall–Kier alpha value is -3.91. The molecule has 12 nitrogen and oxygen atoms in total. The van der Waals surface area contributed by atoms with E-state index in [0.717, 1.165) is 24.4 Å². The third-order valence-corrected chi connectivity index (χ3v) is 5.64. The van der Waals surface area contributed by atoms with Crippen LogP contribution in [0.1, 0.15) is 32.8 Å². The summed E-state index contributed by atoms with van der Waals surface area (Å²) < 4.78 is 39.5. The molecule has 0 aliphatic rings. The number of hydrogen-bond acceptors (Lipinski definition) is 8. The van der Waals surface area contributed by atoms with Crippen molar-refractivity contribution in [3.63, 3.8) is 0 Å². The van der Waals surface area contributed by atoms with Gasteiger partial charge in [-0.2, -0.15) is 0 Å². The van der Waals surface area contributed by atoms with Gasteiger partial charge in [-0.1, -0.05) is 0 Å². The van der Waals surface area contributed by atoms with Crippen molar-refractivity contribution in [3.05, 3.63) is 53.3 Å². The Morgan fingerprint density at radius 2 is 1.79 bits per heavy atom. The van der Waals surface area contributed by atoms with E-state index >= 15 is 0 Å². The Bertz CT molecular complexity index is 1180. The van der Waals surface area contributed by atoms with Gasteiger partial charge in [0.15, 0.2) is 5.78 Å². The third kappa shape index (κ3) is 6.78. The lowest BCUT2D eigenvalue weighted by molar-refractivity contribution is -0.139. The minimum atomic E-state index is -4.17. The highest BCUT2D eigenvalue weighted by Crippen LogP contribution is 2.21. The highest BCUT2D eigenvalue weighted by atomic mass is 32.2. The summed E-state index contributed by atoms with van der Waals surface area (Å²) in [6.07, 6.45) is 0.239. The van der Waals surface area contributed by atoms with Gasteiger partial charge >= 0.3 is 11.9 Å². The lowest BCUT2D eigenvalue weighted by Crippen LogP contribution is -2.43. The van der Waals surface area contributed by atoms with Crippen molar-refractivity contribution in [2.75, 3.05) is 6.67 Å². The molecule has 1 amide bonds. The van der Waals surface area contributed by atoms with Gasteiger partial charge in [-0.3, -0.25) is 19.4 Å². The number of nitrogens with zero attached hydrogens (tertiary/aromatic N) is 1. The number of phenols is 1. The van der Waals surface area contributed by atoms with Gasteiger partial charge in [0.25, 0.3) is 5.91 Å². The maximum atomic E-state index is 12.6. The number of carbonyl (C=O) groups excluding carboxylic acids is 2. The molecule has 0 saturated heterocycles. The summed E-state index contributed by atoms with van der Waals surface area (Å²) in [6.45, 7) is -1.79. The first kappa shape index (κ1) is 25.4. The predicted molar refractivity (Wildman–Crippen MR) is 108 cm³/mol. The standard InChI is InChI=1S/C19H18FN3O9S/c20-7-16(25)14(6-17(26)27)23-18(28)10-1-2-11(21-8-10)9-22-33(31,32)12-3-4-15(24)13(5-12)19(29)30/h1-5,8,14,22,24H,6-7,9H2,(H,23,28)(H,26,27)(H,29,30)/t14-/m0/s1. The Balaban J connectivity index is 2.07. The quantitative estimate of drug-likeness (QED) is 0.291. The van der Waals surface area contributed by atoms with Crippen molar-refractivity contribution in [1.82, 2.24) is 15.0 Å². The van der Waals surface area contributed by atoms with Crippen LogP contribution in [0, 0.1) is 0 Å². The molecular formula is C19H18FN3O9S. The SMILES string of the molecule is O=C(O)C[C@H](NC(=O)c1ccc(CNS(=O)(=O)c2ccc(O)c(C(=O)O)c2)nc1)C(=O)CF. The van der Waals surface area contributed by atoms with Crippen LogP contribution < -0.4 is 10.0 Å². The first-order chi connectivity index (χ1) is 15.4. The molecule has 2 rings (SSSR count). The largest absolute Gasteiger partial charge is 0.507 e. The summed E-state index contributed by atoms with van der Waals surface area (Å²) in [5.41, 5.74) is -0.526. The van der Waals surface area contributed by atoms with Gasteiger partial charge in [0.1, 0.15) is 24.0 Å². The van der Waals surface area contributed by atoms with Crippen molar-refractivity contribution in [2.45, 2.75) is 23.9 Å². The number of aromatic nitrogens is 1. The monoisotopic (exact) mass is 483 g/mol. The number of aliphatic carboxylic acids is 1. The van der Waals surface area contributed by atoms with Gasteiger partial charge in [0, 0.05) is 6.20 Å². The number of alkyl halides is 1. The van der Waals surface area contributed by atoms with E-state index in [2.05, 4.69) is 15.0 Å². The minimum absolute atomic E-state index is 0.0895. The fourth-order valence-electron chi connectivity index (χ4n) is 2.52. The number of rotatable bonds is 11. The number of carbonyl (C=O) groups is 4. The van der Waals surface area contributed by atoms with E-state index in [0.29, 0.717) is 0 Å². The molecule has 0 spiro atoms. The minimum Gasteiger partial charge on any atom is -0.507 e. The van der Waals surface area contributed by atoms with Crippen molar-refractivity contribution >= 4 is 33.7 Å². The first-order valence-corrected chi connectivity index (χ1v) is 10.5. The van der Waals surface area contributed by atoms with Crippen LogP contribution in [0.15, 0.2) is 41.4 Å². The van der Waals surface area contributed by atoms with Crippen LogP contribution in [-0.2, 0) is 26.2 Å². The van der Waals surface area contributed by atoms with Crippen LogP contribution in [-0.4, -0.2) is 65.1 Å². The topological polar surface area (TPSA) is 200 Å². The van der Waals surface area contributed by atoms with E-state index in [4.69, 9.17) is 10.2 Å². The molecule has 0 aliphatic carbocycles. The van der Waals surface area contributed by atoms with Crippen LogP contribution in [0.25, 0.3) is 0 Å². The van der Waals surface area contributed by atoms with Crippen molar-refractivity contribution < 1.29 is 47.3 Å². The molecule has 1 atom stereocenters. The number of ketones is 1. The van der Waals surface area contributed by atoms with Crippen molar-refractivity contribution in [1.29, 1.82) is 0 Å². The van der Waals surface area contributed by atoms with Gasteiger partial charge in [-0.05, 0) is 30.3 Å². The zero-order valence-electron chi connectivity index (χ0n) is 16.7. The molecule has 0 radical (unpaired) electrons. The molecule has 33 heavy (non-hydrogen) atoms. The van der Waals surface area contributed by atoms with E-state index < -0.39 is 69.0 Å². The van der Waals surface area contributed by atoms with Gasteiger partial charge in [0.2, 0.25) is 10.0 Å². The number of amides is 1. The number of aromatic carboxylic acids is 1. The number of pyridine rings is 1. The maximum absolute atomic E-state index is 12.6. The molecule has 176 valence electrons. The first-order valence-electron chi connectivity index (χ1n) is 9.07. The number of hydrogen-bond donors (Lipinski definition) is 5. The number of halogens is 1. The normalized spacial score (nSPS) is 12.0. The number of aromatic hydroxyl groups is 1. The second kappa shape index (κ2) is 10.6. The molecule has 1 aromatic carbocycles. The number of benzene rings is 1. The van der Waals surface area contributed by atoms with Crippen LogP contribution in [0.2, 0.25) is 0 Å². The molecule has 0 unspecified atom stereocenters. The summed E-state index contributed by atoms with van der Waals surface area (Å²) in [7, 11) is -4.17. The summed E-state index contributed by atoms with van der Waals surface area (Å²) >= 11 is 0. The van der Waals surface area contributed by atoms with Gasteiger partial charge < -0.3 is 20.6 Å². The molecular weight excluding hydrogens is 465 g/mol. The average Bonchev–Trinajstić information content (AvgIpc) is 2.76. The fourth-order valence-corrected chi connectivity index (χ4v) is 3.55. The van der Waals surface area contributed by atoms with Gasteiger partial charge in [-0.25, -0.2) is 22.3 Å². The van der Waals surface area contributed by atoms with Gasteiger partial charge in [0.05, 0.1) is 29.1 Å². The van der Waals surface area contributed by atoms with E-state index in [1.54, 1.807) is 0 Å². The molecule has 5 N–H and O–H groups in total. The third-order valence-electron chi connectivity index (χ3n) is 4.24. The Morgan fingerprint density at radius 3 is 2.33 bits per heavy atom. The molecule has 0 saturated carbocycles. The van der Waals surface area contributed by atoms with Crippen LogP contribution >= 0.6 is 0 Å². The Labute approximate surface area is 186 Å². The summed E-state index contributed by atoms with van der Waals surface area (Å²) in [5.74, 6) is -5.51. The average molecular weight is 483 g/mol. The number of nitrogens with one attached hydrogen (secondary N) is 2. The predicted octanol–water partition coefficient (Wildman–Crippen LogP) is 0.0756. The molecule has 0 fully saturated rings. The number of sulfonamides is 1. The maximum Gasteiger partial charge on any atom is 0.339 e. The van der Waals surface area contributed by atoms with E-state index in [-0.39, 0.29) is 17.8 Å². The summed E-state index contributed by atoms with van der Waals surface area (Å²) in [6, 6.07) is 3.67. The van der Waals surface area contributed by atoms with E-state index in [9.17, 15) is 37.1 Å². The molecule has 2 aromatic rings. The summed E-state index contributed by atoms with van der Waals surface area (Å²) in [5, 5.41) is 29.4. The van der Waals surface area contributed by atoms with Crippen LogP contribution in [0.3, 0.4) is 0 Å². The van der Waals surface area contributed by atoms with E-state index in [1.165, 1.54) is 12.1 Å². The van der Waals surface area contributed by atoms with E-state index in [1.807, 2.05) is 0 Å². The molecule has 1 aromatic heterocycles. The Morgan fingerprint density at radius 1 is 1.09 bits per heavy atom. The second-order valence-corrected chi connectivity index (χ2v) is 8.34. The van der Waals surface area contributed by atoms with Gasteiger partial charge in [-0.15, -0.1) is 0 Å². The molecule has 14 heteroatoms. The number of carboxylic acids is 2. The molecule has 0 aliphatic heterocycles. The lowest BCUT2D eigenvalue weighted by Gasteiger charge is -2.14. The zero-order valence-corrected chi connectivity index (χ0v) is 17.5. The fraction of sp³-hybridized carbons (Fsp3) is 0.211. The Kier molecular flexibility index (Phi) is 8.15. The highest BCUT2D eigenvalue weighted by molar-refractivity contribution is 7.89. The highest BCUT2D eigenvalue weighted by Gasteiger charge is 2.24. The lowest BCUT2D eigenvalue weighted by atomic mass is 10.1. The molecule has 1 heterocycles.